The van der Waals surface area contributed by atoms with Crippen molar-refractivity contribution in [3.05, 3.63) is 58.8 Å². The van der Waals surface area contributed by atoms with Gasteiger partial charge in [0.15, 0.2) is 5.82 Å². The van der Waals surface area contributed by atoms with E-state index in [1.54, 1.807) is 6.07 Å². The Morgan fingerprint density at radius 3 is 2.36 bits per heavy atom. The van der Waals surface area contributed by atoms with Crippen LogP contribution in [0.25, 0.3) is 10.8 Å². The third-order valence-electron chi connectivity index (χ3n) is 4.97. The van der Waals surface area contributed by atoms with Gasteiger partial charge in [-0.3, -0.25) is 0 Å². The Morgan fingerprint density at radius 2 is 1.71 bits per heavy atom. The van der Waals surface area contributed by atoms with Crippen molar-refractivity contribution in [1.82, 2.24) is 10.2 Å². The van der Waals surface area contributed by atoms with Crippen LogP contribution in [0.15, 0.2) is 36.4 Å². The average molecular weight is 388 g/mol. The van der Waals surface area contributed by atoms with Crippen LogP contribution in [0.2, 0.25) is 0 Å². The lowest BCUT2D eigenvalue weighted by atomic mass is 9.97. The standard InChI is InChI=1S/C21H23F3N4/c1-12-16(7-6-8-19(12)21(22,23)24)13(2)25-20-18-11-15(28(4)5)9-10-17(18)14(3)26-27-20/h6-11,13H,1-5H3,(H,25,27)/t13-/m1/s1. The summed E-state index contributed by atoms with van der Waals surface area (Å²) in [5.41, 5.74) is 1.98. The summed E-state index contributed by atoms with van der Waals surface area (Å²) in [6.07, 6.45) is -4.38. The monoisotopic (exact) mass is 388 g/mol. The van der Waals surface area contributed by atoms with Gasteiger partial charge >= 0.3 is 6.18 Å². The fourth-order valence-corrected chi connectivity index (χ4v) is 3.37. The fraction of sp³-hybridized carbons (Fsp3) is 0.333. The predicted octanol–water partition coefficient (Wildman–Crippen LogP) is 5.50. The highest BCUT2D eigenvalue weighted by atomic mass is 19.4. The van der Waals surface area contributed by atoms with Crippen LogP contribution in [0.3, 0.4) is 0 Å². The van der Waals surface area contributed by atoms with Gasteiger partial charge in [0.2, 0.25) is 0 Å². The third-order valence-corrected chi connectivity index (χ3v) is 4.97. The molecule has 0 saturated heterocycles. The van der Waals surface area contributed by atoms with Crippen LogP contribution in [-0.4, -0.2) is 24.3 Å². The quantitative estimate of drug-likeness (QED) is 0.640. The minimum Gasteiger partial charge on any atom is -0.378 e. The molecule has 0 aliphatic heterocycles. The second kappa shape index (κ2) is 7.30. The first kappa shape index (κ1) is 19.9. The van der Waals surface area contributed by atoms with Gasteiger partial charge < -0.3 is 10.2 Å². The number of aryl methyl sites for hydroxylation is 1. The molecule has 0 saturated carbocycles. The van der Waals surface area contributed by atoms with Crippen molar-refractivity contribution in [1.29, 1.82) is 0 Å². The van der Waals surface area contributed by atoms with Crippen molar-refractivity contribution < 1.29 is 13.2 Å². The van der Waals surface area contributed by atoms with Crippen LogP contribution in [0.5, 0.6) is 0 Å². The van der Waals surface area contributed by atoms with Crippen molar-refractivity contribution in [3.8, 4) is 0 Å². The zero-order valence-corrected chi connectivity index (χ0v) is 16.5. The fourth-order valence-electron chi connectivity index (χ4n) is 3.37. The molecule has 0 amide bonds. The Hall–Kier alpha value is -2.83. The molecule has 28 heavy (non-hydrogen) atoms. The number of nitrogens with one attached hydrogen (secondary N) is 1. The molecule has 0 fully saturated rings. The van der Waals surface area contributed by atoms with Gasteiger partial charge in [0, 0.05) is 30.6 Å². The number of aromatic nitrogens is 2. The van der Waals surface area contributed by atoms with Gasteiger partial charge in [0.05, 0.1) is 17.3 Å². The molecule has 3 rings (SSSR count). The van der Waals surface area contributed by atoms with Crippen LogP contribution < -0.4 is 10.2 Å². The number of nitrogens with zero attached hydrogens (tertiary/aromatic N) is 3. The molecule has 7 heteroatoms. The molecular formula is C21H23F3N4. The molecule has 1 N–H and O–H groups in total. The van der Waals surface area contributed by atoms with Gasteiger partial charge in [-0.1, -0.05) is 18.2 Å². The number of anilines is 2. The summed E-state index contributed by atoms with van der Waals surface area (Å²) in [7, 11) is 3.90. The van der Waals surface area contributed by atoms with E-state index >= 15 is 0 Å². The molecule has 0 spiro atoms. The minimum absolute atomic E-state index is 0.216. The number of fused-ring (bicyclic) bond motifs is 1. The van der Waals surface area contributed by atoms with E-state index in [2.05, 4.69) is 15.5 Å². The Balaban J connectivity index is 2.04. The Bertz CT molecular complexity index is 1010. The first-order valence-electron chi connectivity index (χ1n) is 8.97. The van der Waals surface area contributed by atoms with Crippen LogP contribution in [0.1, 0.15) is 35.3 Å². The number of benzene rings is 2. The summed E-state index contributed by atoms with van der Waals surface area (Å²) in [5, 5.41) is 13.6. The maximum absolute atomic E-state index is 13.2. The Kier molecular flexibility index (Phi) is 5.19. The van der Waals surface area contributed by atoms with E-state index in [9.17, 15) is 13.2 Å². The average Bonchev–Trinajstić information content (AvgIpc) is 2.62. The molecule has 0 bridgehead atoms. The molecule has 1 aromatic heterocycles. The highest BCUT2D eigenvalue weighted by Crippen LogP contribution is 2.36. The maximum atomic E-state index is 13.2. The molecule has 4 nitrogen and oxygen atoms in total. The largest absolute Gasteiger partial charge is 0.416 e. The highest BCUT2D eigenvalue weighted by molar-refractivity contribution is 5.95. The lowest BCUT2D eigenvalue weighted by Crippen LogP contribution is -2.15. The van der Waals surface area contributed by atoms with Gasteiger partial charge in [-0.05, 0) is 50.1 Å². The van der Waals surface area contributed by atoms with E-state index in [1.807, 2.05) is 51.0 Å². The molecule has 3 aromatic rings. The van der Waals surface area contributed by atoms with E-state index in [0.717, 1.165) is 28.2 Å². The molecular weight excluding hydrogens is 365 g/mol. The van der Waals surface area contributed by atoms with Gasteiger partial charge in [-0.25, -0.2) is 0 Å². The highest BCUT2D eigenvalue weighted by Gasteiger charge is 2.33. The molecule has 2 aromatic carbocycles. The lowest BCUT2D eigenvalue weighted by molar-refractivity contribution is -0.138. The molecule has 1 heterocycles. The van der Waals surface area contributed by atoms with Crippen molar-refractivity contribution >= 4 is 22.3 Å². The molecule has 0 aliphatic rings. The van der Waals surface area contributed by atoms with Crippen molar-refractivity contribution in [2.75, 3.05) is 24.3 Å². The number of hydrogen-bond acceptors (Lipinski definition) is 4. The zero-order valence-electron chi connectivity index (χ0n) is 16.5. The number of alkyl halides is 3. The first-order chi connectivity index (χ1) is 13.1. The van der Waals surface area contributed by atoms with Crippen molar-refractivity contribution in [2.45, 2.75) is 33.0 Å². The zero-order chi connectivity index (χ0) is 20.6. The summed E-state index contributed by atoms with van der Waals surface area (Å²) in [4.78, 5) is 1.99. The van der Waals surface area contributed by atoms with E-state index < -0.39 is 11.7 Å². The SMILES string of the molecule is Cc1c([C@@H](C)Nc2nnc(C)c3ccc(N(C)C)cc23)cccc1C(F)(F)F. The van der Waals surface area contributed by atoms with Crippen LogP contribution in [0.4, 0.5) is 24.7 Å². The summed E-state index contributed by atoms with van der Waals surface area (Å²) in [6.45, 7) is 5.21. The first-order valence-corrected chi connectivity index (χ1v) is 8.97. The summed E-state index contributed by atoms with van der Waals surface area (Å²) < 4.78 is 39.7. The molecule has 0 unspecified atom stereocenters. The smallest absolute Gasteiger partial charge is 0.378 e. The van der Waals surface area contributed by atoms with Crippen molar-refractivity contribution in [2.24, 2.45) is 0 Å². The number of halogens is 3. The topological polar surface area (TPSA) is 41.1 Å². The van der Waals surface area contributed by atoms with E-state index in [0.29, 0.717) is 11.4 Å². The summed E-state index contributed by atoms with van der Waals surface area (Å²) >= 11 is 0. The molecule has 0 aliphatic carbocycles. The Labute approximate surface area is 162 Å². The molecule has 1 atom stereocenters. The second-order valence-electron chi connectivity index (χ2n) is 7.14. The predicted molar refractivity (Wildman–Crippen MR) is 107 cm³/mol. The lowest BCUT2D eigenvalue weighted by Gasteiger charge is -2.21. The van der Waals surface area contributed by atoms with E-state index in [-0.39, 0.29) is 11.6 Å². The van der Waals surface area contributed by atoms with E-state index in [4.69, 9.17) is 0 Å². The molecule has 148 valence electrons. The minimum atomic E-state index is -4.38. The number of rotatable bonds is 4. The van der Waals surface area contributed by atoms with Crippen molar-refractivity contribution in [3.63, 3.8) is 0 Å². The summed E-state index contributed by atoms with van der Waals surface area (Å²) in [6, 6.07) is 9.87. The van der Waals surface area contributed by atoms with E-state index in [1.165, 1.54) is 13.0 Å². The van der Waals surface area contributed by atoms with Crippen LogP contribution in [-0.2, 0) is 6.18 Å². The normalized spacial score (nSPS) is 12.9. The van der Waals surface area contributed by atoms with Gasteiger partial charge in [0.25, 0.3) is 0 Å². The van der Waals surface area contributed by atoms with Gasteiger partial charge in [-0.2, -0.15) is 18.3 Å². The van der Waals surface area contributed by atoms with Gasteiger partial charge in [0.1, 0.15) is 0 Å². The maximum Gasteiger partial charge on any atom is 0.416 e. The van der Waals surface area contributed by atoms with Crippen LogP contribution >= 0.6 is 0 Å². The van der Waals surface area contributed by atoms with Crippen LogP contribution in [0, 0.1) is 13.8 Å². The molecule has 0 radical (unpaired) electrons. The second-order valence-corrected chi connectivity index (χ2v) is 7.14. The number of hydrogen-bond donors (Lipinski definition) is 1. The Morgan fingerprint density at radius 1 is 1.00 bits per heavy atom. The summed E-state index contributed by atoms with van der Waals surface area (Å²) in [5.74, 6) is 0.550. The van der Waals surface area contributed by atoms with Gasteiger partial charge in [-0.15, -0.1) is 5.10 Å². The third kappa shape index (κ3) is 3.74.